The van der Waals surface area contributed by atoms with Gasteiger partial charge in [-0.15, -0.1) is 0 Å². The normalized spacial score (nSPS) is 10.3. The van der Waals surface area contributed by atoms with Crippen molar-refractivity contribution < 1.29 is 14.3 Å². The molecule has 0 spiro atoms. The fourth-order valence-corrected chi connectivity index (χ4v) is 4.28. The first-order chi connectivity index (χ1) is 21.4. The molecule has 220 valence electrons. The molecule has 0 radical (unpaired) electrons. The van der Waals surface area contributed by atoms with E-state index in [0.29, 0.717) is 11.1 Å². The highest BCUT2D eigenvalue weighted by atomic mass is 16.5. The molecule has 0 aliphatic heterocycles. The Morgan fingerprint density at radius 2 is 1.07 bits per heavy atom. The molecule has 5 nitrogen and oxygen atoms in total. The second-order valence-corrected chi connectivity index (χ2v) is 10.1. The molecule has 0 saturated carbocycles. The standard InChI is InChI=1S/C23H21NO2.C16H15NO/c1-17-11-12-19(14-13-18-7-6-10-21(15-18)26-2)16-22(17)24-23(25)20-8-4-3-5-9-20;1-3-13-10-9-12(2)15(11-13)17-16(18)14-7-5-4-6-8-14/h3-16H,1-2H3,(H,24,25);3-11H,1H2,2H3,(H,17,18)/b14-13+;. The van der Waals surface area contributed by atoms with E-state index in [9.17, 15) is 9.59 Å². The van der Waals surface area contributed by atoms with Gasteiger partial charge in [-0.1, -0.05) is 97.6 Å². The Labute approximate surface area is 259 Å². The number of benzene rings is 5. The largest absolute Gasteiger partial charge is 0.497 e. The highest BCUT2D eigenvalue weighted by Gasteiger charge is 2.08. The van der Waals surface area contributed by atoms with E-state index in [2.05, 4.69) is 17.2 Å². The van der Waals surface area contributed by atoms with Gasteiger partial charge in [-0.05, 0) is 90.2 Å². The molecule has 0 atom stereocenters. The van der Waals surface area contributed by atoms with Crippen molar-refractivity contribution in [2.75, 3.05) is 17.7 Å². The Balaban J connectivity index is 0.000000215. The summed E-state index contributed by atoms with van der Waals surface area (Å²) in [5.41, 5.74) is 8.04. The molecule has 44 heavy (non-hydrogen) atoms. The molecule has 0 aliphatic carbocycles. The molecule has 2 N–H and O–H groups in total. The predicted octanol–water partition coefficient (Wildman–Crippen LogP) is 9.32. The van der Waals surface area contributed by atoms with Crippen molar-refractivity contribution >= 4 is 41.4 Å². The van der Waals surface area contributed by atoms with Gasteiger partial charge < -0.3 is 15.4 Å². The van der Waals surface area contributed by atoms with Gasteiger partial charge in [0.05, 0.1) is 7.11 Å². The van der Waals surface area contributed by atoms with E-state index in [1.54, 1.807) is 37.5 Å². The first-order valence-corrected chi connectivity index (χ1v) is 14.2. The van der Waals surface area contributed by atoms with Crippen molar-refractivity contribution in [2.24, 2.45) is 0 Å². The van der Waals surface area contributed by atoms with Crippen LogP contribution < -0.4 is 15.4 Å². The van der Waals surface area contributed by atoms with Gasteiger partial charge in [-0.3, -0.25) is 9.59 Å². The van der Waals surface area contributed by atoms with Crippen molar-refractivity contribution in [3.63, 3.8) is 0 Å². The van der Waals surface area contributed by atoms with Crippen LogP contribution in [-0.2, 0) is 0 Å². The van der Waals surface area contributed by atoms with Crippen LogP contribution in [0.5, 0.6) is 5.75 Å². The maximum absolute atomic E-state index is 12.4. The molecule has 5 aromatic carbocycles. The maximum atomic E-state index is 12.4. The van der Waals surface area contributed by atoms with Gasteiger partial charge in [0.15, 0.2) is 0 Å². The third-order valence-electron chi connectivity index (χ3n) is 6.89. The summed E-state index contributed by atoms with van der Waals surface area (Å²) < 4.78 is 5.25. The fourth-order valence-electron chi connectivity index (χ4n) is 4.28. The number of nitrogens with one attached hydrogen (secondary N) is 2. The number of rotatable bonds is 8. The Kier molecular flexibility index (Phi) is 11.0. The van der Waals surface area contributed by atoms with E-state index in [1.807, 2.05) is 123 Å². The van der Waals surface area contributed by atoms with Crippen LogP contribution in [0.2, 0.25) is 0 Å². The molecule has 0 fully saturated rings. The summed E-state index contributed by atoms with van der Waals surface area (Å²) in [6.07, 6.45) is 5.81. The molecule has 0 bridgehead atoms. The Hall–Kier alpha value is -5.68. The lowest BCUT2D eigenvalue weighted by molar-refractivity contribution is 0.101. The monoisotopic (exact) mass is 580 g/mol. The third-order valence-corrected chi connectivity index (χ3v) is 6.89. The number of hydrogen-bond acceptors (Lipinski definition) is 3. The van der Waals surface area contributed by atoms with Crippen LogP contribution in [0, 0.1) is 13.8 Å². The smallest absolute Gasteiger partial charge is 0.255 e. The first kappa shape index (κ1) is 31.3. The highest BCUT2D eigenvalue weighted by molar-refractivity contribution is 6.05. The quantitative estimate of drug-likeness (QED) is 0.180. The summed E-state index contributed by atoms with van der Waals surface area (Å²) in [7, 11) is 1.66. The summed E-state index contributed by atoms with van der Waals surface area (Å²) in [6, 6.07) is 38.1. The molecule has 0 heterocycles. The van der Waals surface area contributed by atoms with E-state index >= 15 is 0 Å². The molecule has 5 aromatic rings. The number of anilines is 2. The molecule has 2 amide bonds. The van der Waals surface area contributed by atoms with E-state index in [1.165, 1.54) is 0 Å². The Bertz CT molecular complexity index is 1760. The zero-order valence-corrected chi connectivity index (χ0v) is 25.2. The summed E-state index contributed by atoms with van der Waals surface area (Å²) in [4.78, 5) is 24.4. The lowest BCUT2D eigenvalue weighted by Gasteiger charge is -2.09. The summed E-state index contributed by atoms with van der Waals surface area (Å²) in [5, 5.41) is 5.90. The van der Waals surface area contributed by atoms with Gasteiger partial charge in [0.25, 0.3) is 11.8 Å². The molecule has 0 aromatic heterocycles. The summed E-state index contributed by atoms with van der Waals surface area (Å²) in [6.45, 7) is 7.67. The van der Waals surface area contributed by atoms with Crippen LogP contribution in [0.1, 0.15) is 48.5 Å². The Morgan fingerprint density at radius 1 is 0.591 bits per heavy atom. The number of carbonyl (C=O) groups excluding carboxylic acids is 2. The molecule has 5 rings (SSSR count). The van der Waals surface area contributed by atoms with Gasteiger partial charge in [0, 0.05) is 22.5 Å². The second kappa shape index (κ2) is 15.5. The lowest BCUT2D eigenvalue weighted by atomic mass is 10.1. The van der Waals surface area contributed by atoms with Crippen LogP contribution >= 0.6 is 0 Å². The molecular formula is C39H36N2O3. The maximum Gasteiger partial charge on any atom is 0.255 e. The minimum Gasteiger partial charge on any atom is -0.497 e. The molecule has 5 heteroatoms. The van der Waals surface area contributed by atoms with E-state index in [0.717, 1.165) is 44.9 Å². The van der Waals surface area contributed by atoms with Crippen LogP contribution in [0.4, 0.5) is 11.4 Å². The topological polar surface area (TPSA) is 67.4 Å². The third kappa shape index (κ3) is 8.91. The summed E-state index contributed by atoms with van der Waals surface area (Å²) >= 11 is 0. The average Bonchev–Trinajstić information content (AvgIpc) is 3.07. The van der Waals surface area contributed by atoms with E-state index < -0.39 is 0 Å². The number of ether oxygens (including phenoxy) is 1. The van der Waals surface area contributed by atoms with Gasteiger partial charge in [0.1, 0.15) is 5.75 Å². The minimum absolute atomic E-state index is 0.0973. The summed E-state index contributed by atoms with van der Waals surface area (Å²) in [5.74, 6) is 0.620. The van der Waals surface area contributed by atoms with E-state index in [4.69, 9.17) is 4.74 Å². The second-order valence-electron chi connectivity index (χ2n) is 10.1. The fraction of sp³-hybridized carbons (Fsp3) is 0.0769. The lowest BCUT2D eigenvalue weighted by Crippen LogP contribution is -2.12. The number of hydrogen-bond donors (Lipinski definition) is 2. The first-order valence-electron chi connectivity index (χ1n) is 14.2. The van der Waals surface area contributed by atoms with Crippen molar-refractivity contribution in [1.29, 1.82) is 0 Å². The number of carbonyl (C=O) groups is 2. The van der Waals surface area contributed by atoms with Gasteiger partial charge in [-0.25, -0.2) is 0 Å². The Morgan fingerprint density at radius 3 is 1.57 bits per heavy atom. The number of aryl methyl sites for hydroxylation is 2. The van der Waals surface area contributed by atoms with E-state index in [-0.39, 0.29) is 11.8 Å². The molecular weight excluding hydrogens is 544 g/mol. The highest BCUT2D eigenvalue weighted by Crippen LogP contribution is 2.21. The predicted molar refractivity (Wildman–Crippen MR) is 183 cm³/mol. The van der Waals surface area contributed by atoms with Crippen molar-refractivity contribution in [2.45, 2.75) is 13.8 Å². The molecule has 0 saturated heterocycles. The zero-order chi connectivity index (χ0) is 31.3. The average molecular weight is 581 g/mol. The number of amides is 2. The van der Waals surface area contributed by atoms with Crippen molar-refractivity contribution in [3.05, 3.63) is 167 Å². The van der Waals surface area contributed by atoms with Gasteiger partial charge in [-0.2, -0.15) is 0 Å². The van der Waals surface area contributed by atoms with Crippen molar-refractivity contribution in [1.82, 2.24) is 0 Å². The molecule has 0 unspecified atom stereocenters. The minimum atomic E-state index is -0.109. The number of methoxy groups -OCH3 is 1. The van der Waals surface area contributed by atoms with Crippen LogP contribution in [0.25, 0.3) is 18.2 Å². The van der Waals surface area contributed by atoms with Crippen LogP contribution in [-0.4, -0.2) is 18.9 Å². The van der Waals surface area contributed by atoms with Gasteiger partial charge >= 0.3 is 0 Å². The molecule has 0 aliphatic rings. The van der Waals surface area contributed by atoms with Crippen LogP contribution in [0.15, 0.2) is 128 Å². The van der Waals surface area contributed by atoms with Gasteiger partial charge in [0.2, 0.25) is 0 Å². The van der Waals surface area contributed by atoms with Crippen molar-refractivity contribution in [3.8, 4) is 5.75 Å². The zero-order valence-electron chi connectivity index (χ0n) is 25.2. The van der Waals surface area contributed by atoms with Crippen LogP contribution in [0.3, 0.4) is 0 Å². The SMILES string of the molecule is C=Cc1ccc(C)c(NC(=O)c2ccccc2)c1.COc1cccc(/C=C/c2ccc(C)c(NC(=O)c3ccccc3)c2)c1.